The van der Waals surface area contributed by atoms with Crippen LogP contribution in [0.25, 0.3) is 0 Å². The van der Waals surface area contributed by atoms with E-state index in [1.165, 1.54) is 5.56 Å². The van der Waals surface area contributed by atoms with Gasteiger partial charge in [-0.15, -0.1) is 0 Å². The molecular weight excluding hydrogens is 226 g/mol. The maximum atomic E-state index is 11.6. The molecule has 0 atom stereocenters. The van der Waals surface area contributed by atoms with E-state index < -0.39 is 11.4 Å². The number of hydrogen-bond acceptors (Lipinski definition) is 2. The van der Waals surface area contributed by atoms with Gasteiger partial charge in [-0.2, -0.15) is 0 Å². The van der Waals surface area contributed by atoms with Gasteiger partial charge in [0.1, 0.15) is 0 Å². The van der Waals surface area contributed by atoms with Crippen LogP contribution < -0.4 is 0 Å². The van der Waals surface area contributed by atoms with Crippen molar-refractivity contribution in [3.05, 3.63) is 35.9 Å². The summed E-state index contributed by atoms with van der Waals surface area (Å²) < 4.78 is 0. The van der Waals surface area contributed by atoms with Crippen LogP contribution in [0.15, 0.2) is 30.3 Å². The van der Waals surface area contributed by atoms with Crippen molar-refractivity contribution in [1.29, 1.82) is 0 Å². The molecule has 1 N–H and O–H groups in total. The summed E-state index contributed by atoms with van der Waals surface area (Å²) >= 11 is 0. The minimum atomic E-state index is -0.619. The lowest BCUT2D eigenvalue weighted by Gasteiger charge is -2.37. The minimum Gasteiger partial charge on any atom is -0.481 e. The third-order valence-electron chi connectivity index (χ3n) is 4.13. The van der Waals surface area contributed by atoms with E-state index in [0.29, 0.717) is 0 Å². The Balaban J connectivity index is 2.01. The van der Waals surface area contributed by atoms with E-state index in [2.05, 4.69) is 24.1 Å². The van der Waals surface area contributed by atoms with Crippen LogP contribution >= 0.6 is 0 Å². The lowest BCUT2D eigenvalue weighted by Crippen LogP contribution is -2.43. The number of hydrogen-bond donors (Lipinski definition) is 1. The summed E-state index contributed by atoms with van der Waals surface area (Å²) in [6.45, 7) is 1.78. The Hall–Kier alpha value is -1.35. The third kappa shape index (κ3) is 2.91. The van der Waals surface area contributed by atoms with Gasteiger partial charge in [-0.1, -0.05) is 30.3 Å². The first-order valence-corrected chi connectivity index (χ1v) is 6.58. The Bertz CT molecular complexity index is 394. The average molecular weight is 247 g/mol. The Labute approximate surface area is 108 Å². The van der Waals surface area contributed by atoms with E-state index in [1.807, 2.05) is 18.2 Å². The molecule has 0 unspecified atom stereocenters. The summed E-state index contributed by atoms with van der Waals surface area (Å²) in [6.07, 6.45) is 3.15. The maximum Gasteiger partial charge on any atom is 0.309 e. The van der Waals surface area contributed by atoms with Crippen LogP contribution in [-0.4, -0.2) is 36.1 Å². The molecule has 1 saturated heterocycles. The lowest BCUT2D eigenvalue weighted by molar-refractivity contribution is -0.152. The van der Waals surface area contributed by atoms with Crippen LogP contribution in [0.1, 0.15) is 24.8 Å². The zero-order valence-electron chi connectivity index (χ0n) is 10.9. The Morgan fingerprint density at radius 2 is 1.89 bits per heavy atom. The molecule has 0 aromatic heterocycles. The van der Waals surface area contributed by atoms with E-state index >= 15 is 0 Å². The summed E-state index contributed by atoms with van der Waals surface area (Å²) in [6, 6.07) is 10.2. The molecule has 0 bridgehead atoms. The van der Waals surface area contributed by atoms with Crippen molar-refractivity contribution >= 4 is 5.97 Å². The fourth-order valence-electron chi connectivity index (χ4n) is 2.65. The van der Waals surface area contributed by atoms with Crippen molar-refractivity contribution in [3.63, 3.8) is 0 Å². The number of likely N-dealkylation sites (tertiary alicyclic amines) is 1. The van der Waals surface area contributed by atoms with Crippen LogP contribution in [-0.2, 0) is 11.2 Å². The molecule has 1 aromatic rings. The van der Waals surface area contributed by atoms with Gasteiger partial charge in [0.05, 0.1) is 5.41 Å². The fourth-order valence-corrected chi connectivity index (χ4v) is 2.65. The second-order valence-electron chi connectivity index (χ2n) is 5.37. The molecule has 3 nitrogen and oxygen atoms in total. The van der Waals surface area contributed by atoms with Gasteiger partial charge in [0, 0.05) is 0 Å². The molecule has 0 amide bonds. The highest BCUT2D eigenvalue weighted by Crippen LogP contribution is 2.36. The summed E-state index contributed by atoms with van der Waals surface area (Å²) in [5.41, 5.74) is 0.722. The number of carboxylic acid groups (broad SMARTS) is 1. The lowest BCUT2D eigenvalue weighted by atomic mass is 9.74. The molecule has 0 saturated carbocycles. The molecule has 1 heterocycles. The largest absolute Gasteiger partial charge is 0.481 e. The minimum absolute atomic E-state index is 0.512. The van der Waals surface area contributed by atoms with E-state index in [4.69, 9.17) is 0 Å². The first kappa shape index (κ1) is 13.1. The Kier molecular flexibility index (Phi) is 4.02. The highest BCUT2D eigenvalue weighted by atomic mass is 16.4. The van der Waals surface area contributed by atoms with Crippen molar-refractivity contribution in [2.75, 3.05) is 20.1 Å². The first-order valence-electron chi connectivity index (χ1n) is 6.58. The van der Waals surface area contributed by atoms with Crippen LogP contribution in [0.2, 0.25) is 0 Å². The van der Waals surface area contributed by atoms with E-state index in [0.717, 1.165) is 38.8 Å². The first-order chi connectivity index (χ1) is 8.62. The molecule has 0 radical (unpaired) electrons. The second kappa shape index (κ2) is 5.53. The summed E-state index contributed by atoms with van der Waals surface area (Å²) in [5, 5.41) is 9.53. The highest BCUT2D eigenvalue weighted by Gasteiger charge is 2.40. The van der Waals surface area contributed by atoms with Gasteiger partial charge in [0.2, 0.25) is 0 Å². The Morgan fingerprint density at radius 3 is 2.44 bits per heavy atom. The number of carboxylic acids is 1. The van der Waals surface area contributed by atoms with Crippen molar-refractivity contribution in [2.45, 2.75) is 25.7 Å². The van der Waals surface area contributed by atoms with Gasteiger partial charge in [0.15, 0.2) is 0 Å². The molecule has 1 fully saturated rings. The number of aliphatic carboxylic acids is 1. The van der Waals surface area contributed by atoms with Gasteiger partial charge in [0.25, 0.3) is 0 Å². The van der Waals surface area contributed by atoms with Crippen LogP contribution in [0.3, 0.4) is 0 Å². The van der Waals surface area contributed by atoms with Crippen molar-refractivity contribution < 1.29 is 9.90 Å². The Morgan fingerprint density at radius 1 is 1.28 bits per heavy atom. The predicted molar refractivity (Wildman–Crippen MR) is 71.6 cm³/mol. The van der Waals surface area contributed by atoms with Crippen LogP contribution in [0.5, 0.6) is 0 Å². The molecule has 1 aromatic carbocycles. The zero-order chi connectivity index (χ0) is 13.0. The van der Waals surface area contributed by atoms with E-state index in [-0.39, 0.29) is 0 Å². The molecule has 2 rings (SSSR count). The van der Waals surface area contributed by atoms with Crippen molar-refractivity contribution in [2.24, 2.45) is 5.41 Å². The number of piperidine rings is 1. The normalized spacial score (nSPS) is 19.6. The molecule has 1 aliphatic heterocycles. The molecule has 0 spiro atoms. The number of benzene rings is 1. The van der Waals surface area contributed by atoms with Crippen molar-refractivity contribution in [1.82, 2.24) is 4.90 Å². The molecule has 98 valence electrons. The highest BCUT2D eigenvalue weighted by molar-refractivity contribution is 5.74. The fraction of sp³-hybridized carbons (Fsp3) is 0.533. The number of carbonyl (C=O) groups is 1. The van der Waals surface area contributed by atoms with Crippen LogP contribution in [0, 0.1) is 5.41 Å². The predicted octanol–water partition coefficient (Wildman–Crippen LogP) is 2.42. The SMILES string of the molecule is CN1CCC(CCc2ccccc2)(C(=O)O)CC1. The topological polar surface area (TPSA) is 40.5 Å². The smallest absolute Gasteiger partial charge is 0.309 e. The van der Waals surface area contributed by atoms with Crippen LogP contribution in [0.4, 0.5) is 0 Å². The molecular formula is C15H21NO2. The molecule has 3 heteroatoms. The monoisotopic (exact) mass is 247 g/mol. The summed E-state index contributed by atoms with van der Waals surface area (Å²) in [4.78, 5) is 13.8. The summed E-state index contributed by atoms with van der Waals surface area (Å²) in [5.74, 6) is -0.619. The summed E-state index contributed by atoms with van der Waals surface area (Å²) in [7, 11) is 2.06. The second-order valence-corrected chi connectivity index (χ2v) is 5.37. The number of nitrogens with zero attached hydrogens (tertiary/aromatic N) is 1. The number of aryl methyl sites for hydroxylation is 1. The third-order valence-corrected chi connectivity index (χ3v) is 4.13. The molecule has 1 aliphatic rings. The number of rotatable bonds is 4. The quantitative estimate of drug-likeness (QED) is 0.888. The van der Waals surface area contributed by atoms with Gasteiger partial charge < -0.3 is 10.0 Å². The molecule has 0 aliphatic carbocycles. The van der Waals surface area contributed by atoms with E-state index in [9.17, 15) is 9.90 Å². The van der Waals surface area contributed by atoms with Gasteiger partial charge >= 0.3 is 5.97 Å². The standard InChI is InChI=1S/C15H21NO2/c1-16-11-9-15(10-12-16,14(17)18)8-7-13-5-3-2-4-6-13/h2-6H,7-12H2,1H3,(H,17,18). The van der Waals surface area contributed by atoms with Gasteiger partial charge in [-0.3, -0.25) is 4.79 Å². The van der Waals surface area contributed by atoms with Gasteiger partial charge in [-0.05, 0) is 51.4 Å². The zero-order valence-corrected chi connectivity index (χ0v) is 10.9. The molecule has 18 heavy (non-hydrogen) atoms. The van der Waals surface area contributed by atoms with Crippen molar-refractivity contribution in [3.8, 4) is 0 Å². The average Bonchev–Trinajstić information content (AvgIpc) is 2.39. The van der Waals surface area contributed by atoms with E-state index in [1.54, 1.807) is 0 Å². The van der Waals surface area contributed by atoms with Gasteiger partial charge in [-0.25, -0.2) is 0 Å². The maximum absolute atomic E-state index is 11.6.